The van der Waals surface area contributed by atoms with Crippen molar-refractivity contribution in [1.29, 1.82) is 0 Å². The highest BCUT2D eigenvalue weighted by Crippen LogP contribution is 2.29. The SMILES string of the molecule is CC(CCC=O)C1CCCCC1=O. The van der Waals surface area contributed by atoms with Crippen LogP contribution in [-0.2, 0) is 9.59 Å². The minimum absolute atomic E-state index is 0.244. The van der Waals surface area contributed by atoms with E-state index >= 15 is 0 Å². The van der Waals surface area contributed by atoms with Gasteiger partial charge in [-0.25, -0.2) is 0 Å². The van der Waals surface area contributed by atoms with Crippen molar-refractivity contribution >= 4 is 12.1 Å². The first-order valence-corrected chi connectivity index (χ1v) is 5.22. The number of carbonyl (C=O) groups is 2. The minimum Gasteiger partial charge on any atom is -0.303 e. The molecule has 0 amide bonds. The molecule has 0 aromatic heterocycles. The molecule has 1 aliphatic rings. The molecule has 0 aromatic carbocycles. The van der Waals surface area contributed by atoms with Crippen molar-refractivity contribution in [3.8, 4) is 0 Å². The predicted molar refractivity (Wildman–Crippen MR) is 51.4 cm³/mol. The molecule has 0 heterocycles. The number of hydrogen-bond donors (Lipinski definition) is 0. The fourth-order valence-electron chi connectivity index (χ4n) is 2.14. The Morgan fingerprint density at radius 1 is 1.54 bits per heavy atom. The molecule has 0 spiro atoms. The van der Waals surface area contributed by atoms with Gasteiger partial charge in [0.15, 0.2) is 0 Å². The van der Waals surface area contributed by atoms with Crippen LogP contribution in [0.3, 0.4) is 0 Å². The van der Waals surface area contributed by atoms with Gasteiger partial charge in [-0.2, -0.15) is 0 Å². The Bertz CT molecular complexity index is 187. The Labute approximate surface area is 79.7 Å². The third-order valence-electron chi connectivity index (χ3n) is 3.03. The monoisotopic (exact) mass is 182 g/mol. The second-order valence-corrected chi connectivity index (χ2v) is 4.04. The Morgan fingerprint density at radius 2 is 2.31 bits per heavy atom. The maximum absolute atomic E-state index is 11.5. The van der Waals surface area contributed by atoms with Gasteiger partial charge in [0.25, 0.3) is 0 Å². The van der Waals surface area contributed by atoms with Gasteiger partial charge in [0, 0.05) is 18.8 Å². The van der Waals surface area contributed by atoms with Gasteiger partial charge >= 0.3 is 0 Å². The van der Waals surface area contributed by atoms with Gasteiger partial charge in [-0.1, -0.05) is 13.3 Å². The van der Waals surface area contributed by atoms with Gasteiger partial charge in [0.1, 0.15) is 12.1 Å². The highest BCUT2D eigenvalue weighted by molar-refractivity contribution is 5.81. The molecule has 0 aliphatic heterocycles. The number of hydrogen-bond acceptors (Lipinski definition) is 2. The molecule has 2 nitrogen and oxygen atoms in total. The van der Waals surface area contributed by atoms with E-state index in [1.54, 1.807) is 0 Å². The van der Waals surface area contributed by atoms with E-state index in [1.807, 2.05) is 0 Å². The summed E-state index contributed by atoms with van der Waals surface area (Å²) < 4.78 is 0. The van der Waals surface area contributed by atoms with E-state index in [0.717, 1.165) is 32.0 Å². The molecular weight excluding hydrogens is 164 g/mol. The van der Waals surface area contributed by atoms with Gasteiger partial charge < -0.3 is 4.79 Å². The van der Waals surface area contributed by atoms with E-state index in [2.05, 4.69) is 6.92 Å². The summed E-state index contributed by atoms with van der Waals surface area (Å²) in [7, 11) is 0. The van der Waals surface area contributed by atoms with Crippen LogP contribution < -0.4 is 0 Å². The standard InChI is InChI=1S/C11H18O2/c1-9(5-4-8-12)10-6-2-3-7-11(10)13/h8-10H,2-7H2,1H3. The van der Waals surface area contributed by atoms with Gasteiger partial charge in [-0.3, -0.25) is 4.79 Å². The molecule has 2 atom stereocenters. The van der Waals surface area contributed by atoms with Crippen LogP contribution in [0.25, 0.3) is 0 Å². The molecule has 1 saturated carbocycles. The molecule has 74 valence electrons. The second-order valence-electron chi connectivity index (χ2n) is 4.04. The first kappa shape index (κ1) is 10.4. The van der Waals surface area contributed by atoms with Crippen molar-refractivity contribution in [3.63, 3.8) is 0 Å². The van der Waals surface area contributed by atoms with Crippen molar-refractivity contribution in [2.75, 3.05) is 0 Å². The van der Waals surface area contributed by atoms with Crippen LogP contribution in [0.4, 0.5) is 0 Å². The molecule has 0 N–H and O–H groups in total. The first-order chi connectivity index (χ1) is 6.25. The van der Waals surface area contributed by atoms with Gasteiger partial charge in [-0.05, 0) is 25.2 Å². The summed E-state index contributed by atoms with van der Waals surface area (Å²) in [6.07, 6.45) is 6.47. The van der Waals surface area contributed by atoms with Gasteiger partial charge in [0.2, 0.25) is 0 Å². The van der Waals surface area contributed by atoms with E-state index in [0.29, 0.717) is 18.1 Å². The molecule has 0 radical (unpaired) electrons. The van der Waals surface area contributed by atoms with Crippen LogP contribution in [0.1, 0.15) is 45.4 Å². The average Bonchev–Trinajstić information content (AvgIpc) is 2.15. The van der Waals surface area contributed by atoms with Crippen LogP contribution in [-0.4, -0.2) is 12.1 Å². The maximum atomic E-state index is 11.5. The van der Waals surface area contributed by atoms with Gasteiger partial charge in [-0.15, -0.1) is 0 Å². The molecule has 2 heteroatoms. The maximum Gasteiger partial charge on any atom is 0.136 e. The molecular formula is C11H18O2. The Hall–Kier alpha value is -0.660. The lowest BCUT2D eigenvalue weighted by molar-refractivity contribution is -0.126. The molecule has 1 fully saturated rings. The molecule has 13 heavy (non-hydrogen) atoms. The third kappa shape index (κ3) is 2.94. The average molecular weight is 182 g/mol. The Kier molecular flexibility index (Phi) is 4.13. The van der Waals surface area contributed by atoms with Crippen molar-refractivity contribution < 1.29 is 9.59 Å². The number of rotatable bonds is 4. The fourth-order valence-corrected chi connectivity index (χ4v) is 2.14. The van der Waals surface area contributed by atoms with Gasteiger partial charge in [0.05, 0.1) is 0 Å². The minimum atomic E-state index is 0.244. The Morgan fingerprint density at radius 3 is 2.92 bits per heavy atom. The molecule has 0 bridgehead atoms. The lowest BCUT2D eigenvalue weighted by atomic mass is 9.78. The van der Waals surface area contributed by atoms with Crippen molar-refractivity contribution in [1.82, 2.24) is 0 Å². The lowest BCUT2D eigenvalue weighted by Gasteiger charge is -2.25. The summed E-state index contributed by atoms with van der Waals surface area (Å²) in [6, 6.07) is 0. The molecule has 2 unspecified atom stereocenters. The normalized spacial score (nSPS) is 25.6. The summed E-state index contributed by atoms with van der Waals surface area (Å²) >= 11 is 0. The molecule has 0 saturated heterocycles. The van der Waals surface area contributed by atoms with E-state index in [1.165, 1.54) is 6.42 Å². The third-order valence-corrected chi connectivity index (χ3v) is 3.03. The highest BCUT2D eigenvalue weighted by Gasteiger charge is 2.26. The summed E-state index contributed by atoms with van der Waals surface area (Å²) in [4.78, 5) is 21.7. The number of ketones is 1. The highest BCUT2D eigenvalue weighted by atomic mass is 16.1. The zero-order valence-electron chi connectivity index (χ0n) is 8.29. The summed E-state index contributed by atoms with van der Waals surface area (Å²) in [6.45, 7) is 2.09. The number of Topliss-reactive ketones (excluding diaryl/α,β-unsaturated/α-hetero) is 1. The predicted octanol–water partition coefficient (Wildman–Crippen LogP) is 2.36. The number of aldehydes is 1. The summed E-state index contributed by atoms with van der Waals surface area (Å²) in [5.74, 6) is 1.07. The van der Waals surface area contributed by atoms with Crippen LogP contribution >= 0.6 is 0 Å². The zero-order valence-corrected chi connectivity index (χ0v) is 8.29. The lowest BCUT2D eigenvalue weighted by Crippen LogP contribution is -2.25. The fraction of sp³-hybridized carbons (Fsp3) is 0.818. The first-order valence-electron chi connectivity index (χ1n) is 5.22. The summed E-state index contributed by atoms with van der Waals surface area (Å²) in [5.41, 5.74) is 0. The summed E-state index contributed by atoms with van der Waals surface area (Å²) in [5, 5.41) is 0. The number of carbonyl (C=O) groups excluding carboxylic acids is 2. The second kappa shape index (κ2) is 5.15. The van der Waals surface area contributed by atoms with E-state index in [9.17, 15) is 9.59 Å². The largest absolute Gasteiger partial charge is 0.303 e. The van der Waals surface area contributed by atoms with E-state index in [-0.39, 0.29) is 5.92 Å². The molecule has 0 aromatic rings. The molecule has 1 aliphatic carbocycles. The van der Waals surface area contributed by atoms with Crippen LogP contribution in [0.2, 0.25) is 0 Å². The van der Waals surface area contributed by atoms with Crippen molar-refractivity contribution in [2.24, 2.45) is 11.8 Å². The zero-order chi connectivity index (χ0) is 9.68. The van der Waals surface area contributed by atoms with Crippen LogP contribution in [0, 0.1) is 11.8 Å². The van der Waals surface area contributed by atoms with Crippen molar-refractivity contribution in [2.45, 2.75) is 45.4 Å². The van der Waals surface area contributed by atoms with Crippen LogP contribution in [0.15, 0.2) is 0 Å². The van der Waals surface area contributed by atoms with E-state index < -0.39 is 0 Å². The quantitative estimate of drug-likeness (QED) is 0.625. The Balaban J connectivity index is 2.38. The topological polar surface area (TPSA) is 34.1 Å². The smallest absolute Gasteiger partial charge is 0.136 e. The van der Waals surface area contributed by atoms with Crippen LogP contribution in [0.5, 0.6) is 0 Å². The van der Waals surface area contributed by atoms with E-state index in [4.69, 9.17) is 0 Å². The van der Waals surface area contributed by atoms with Crippen molar-refractivity contribution in [3.05, 3.63) is 0 Å². The molecule has 1 rings (SSSR count).